The maximum Gasteiger partial charge on any atom is 0.320 e. The Hall–Kier alpha value is -4.45. The maximum atomic E-state index is 13.8. The SMILES string of the molecule is N#CC(C(=O)c1cccc(NC(=O)c2cccnc2)c1)c1nc2ccccc2n1C(F)F. The fraction of sp³-hybridized carbons (Fsp3) is 0.0870. The van der Waals surface area contributed by atoms with Crippen LogP contribution in [0.25, 0.3) is 11.0 Å². The van der Waals surface area contributed by atoms with Crippen LogP contribution in [0.2, 0.25) is 0 Å². The number of ketones is 1. The fourth-order valence-corrected chi connectivity index (χ4v) is 3.32. The highest BCUT2D eigenvalue weighted by atomic mass is 19.3. The van der Waals surface area contributed by atoms with Gasteiger partial charge in [0.25, 0.3) is 5.91 Å². The number of pyridine rings is 1. The number of anilines is 1. The smallest absolute Gasteiger partial charge is 0.320 e. The average molecular weight is 431 g/mol. The number of aromatic nitrogens is 3. The van der Waals surface area contributed by atoms with E-state index in [4.69, 9.17) is 0 Å². The van der Waals surface area contributed by atoms with Crippen LogP contribution in [0.4, 0.5) is 14.5 Å². The van der Waals surface area contributed by atoms with E-state index >= 15 is 0 Å². The molecule has 158 valence electrons. The van der Waals surface area contributed by atoms with E-state index in [-0.39, 0.29) is 22.4 Å². The summed E-state index contributed by atoms with van der Waals surface area (Å²) < 4.78 is 28.1. The molecule has 0 radical (unpaired) electrons. The average Bonchev–Trinajstić information content (AvgIpc) is 3.19. The van der Waals surface area contributed by atoms with Gasteiger partial charge in [0.1, 0.15) is 5.82 Å². The molecule has 9 heteroatoms. The van der Waals surface area contributed by atoms with Gasteiger partial charge in [0, 0.05) is 23.6 Å². The van der Waals surface area contributed by atoms with Gasteiger partial charge in [-0.25, -0.2) is 4.98 Å². The van der Waals surface area contributed by atoms with Gasteiger partial charge in [-0.2, -0.15) is 14.0 Å². The van der Waals surface area contributed by atoms with Gasteiger partial charge < -0.3 is 5.32 Å². The summed E-state index contributed by atoms with van der Waals surface area (Å²) in [5, 5.41) is 12.3. The number of carbonyl (C=O) groups excluding carboxylic acids is 2. The van der Waals surface area contributed by atoms with Crippen LogP contribution in [0.1, 0.15) is 39.0 Å². The van der Waals surface area contributed by atoms with Gasteiger partial charge in [-0.1, -0.05) is 24.3 Å². The van der Waals surface area contributed by atoms with Crippen LogP contribution in [0.5, 0.6) is 0 Å². The third kappa shape index (κ3) is 3.94. The van der Waals surface area contributed by atoms with E-state index in [0.29, 0.717) is 15.8 Å². The lowest BCUT2D eigenvalue weighted by Crippen LogP contribution is -2.18. The van der Waals surface area contributed by atoms with Crippen LogP contribution >= 0.6 is 0 Å². The first kappa shape index (κ1) is 20.8. The number of para-hydroxylation sites is 2. The standard InChI is InChI=1S/C23H15F2N5O2/c24-23(25)30-19-9-2-1-8-18(19)29-21(30)17(12-26)20(31)14-5-3-7-16(11-14)28-22(32)15-6-4-10-27-13-15/h1-11,13,17,23H,(H,28,32). The molecule has 0 aliphatic carbocycles. The zero-order chi connectivity index (χ0) is 22.7. The highest BCUT2D eigenvalue weighted by Crippen LogP contribution is 2.29. The Morgan fingerprint density at radius 1 is 1.03 bits per heavy atom. The van der Waals surface area contributed by atoms with Crippen molar-refractivity contribution in [3.63, 3.8) is 0 Å². The Morgan fingerprint density at radius 2 is 1.81 bits per heavy atom. The van der Waals surface area contributed by atoms with Crippen molar-refractivity contribution in [1.29, 1.82) is 5.26 Å². The first-order valence-corrected chi connectivity index (χ1v) is 9.50. The largest absolute Gasteiger partial charge is 0.322 e. The molecule has 0 aliphatic heterocycles. The summed E-state index contributed by atoms with van der Waals surface area (Å²) in [6.45, 7) is -2.98. The Kier molecular flexibility index (Phi) is 5.68. The topological polar surface area (TPSA) is 101 Å². The van der Waals surface area contributed by atoms with E-state index in [1.54, 1.807) is 36.4 Å². The number of halogens is 2. The number of hydrogen-bond acceptors (Lipinski definition) is 5. The van der Waals surface area contributed by atoms with E-state index in [1.165, 1.54) is 42.7 Å². The number of nitrogens with zero attached hydrogens (tertiary/aromatic N) is 4. The molecule has 0 saturated heterocycles. The molecular formula is C23H15F2N5O2. The first-order valence-electron chi connectivity index (χ1n) is 9.50. The summed E-state index contributed by atoms with van der Waals surface area (Å²) in [6, 6.07) is 17.1. The highest BCUT2D eigenvalue weighted by molar-refractivity contribution is 6.06. The number of amides is 1. The number of carbonyl (C=O) groups is 2. The molecule has 4 rings (SSSR count). The van der Waals surface area contributed by atoms with E-state index in [2.05, 4.69) is 15.3 Å². The first-order chi connectivity index (χ1) is 15.5. The van der Waals surface area contributed by atoms with Crippen molar-refractivity contribution in [3.05, 3.63) is 90.0 Å². The van der Waals surface area contributed by atoms with Gasteiger partial charge in [0.2, 0.25) is 0 Å². The van der Waals surface area contributed by atoms with E-state index < -0.39 is 24.2 Å². The van der Waals surface area contributed by atoms with Crippen molar-refractivity contribution in [1.82, 2.24) is 14.5 Å². The van der Waals surface area contributed by atoms with Crippen LogP contribution in [0.3, 0.4) is 0 Å². The second kappa shape index (κ2) is 8.73. The molecule has 2 aromatic carbocycles. The van der Waals surface area contributed by atoms with E-state index in [1.807, 2.05) is 0 Å². The number of imidazole rings is 1. The van der Waals surface area contributed by atoms with E-state index in [9.17, 15) is 23.6 Å². The number of Topliss-reactive ketones (excluding diaryl/α,β-unsaturated/α-hetero) is 1. The van der Waals surface area contributed by atoms with Crippen molar-refractivity contribution in [2.75, 3.05) is 5.32 Å². The van der Waals surface area contributed by atoms with Gasteiger partial charge in [0.05, 0.1) is 22.7 Å². The van der Waals surface area contributed by atoms with E-state index in [0.717, 1.165) is 0 Å². The lowest BCUT2D eigenvalue weighted by molar-refractivity contribution is 0.0700. The minimum atomic E-state index is -2.98. The molecule has 1 unspecified atom stereocenters. The second-order valence-corrected chi connectivity index (χ2v) is 6.81. The summed E-state index contributed by atoms with van der Waals surface area (Å²) in [7, 11) is 0. The molecule has 1 amide bonds. The zero-order valence-electron chi connectivity index (χ0n) is 16.4. The quantitative estimate of drug-likeness (QED) is 0.451. The molecular weight excluding hydrogens is 416 g/mol. The molecule has 0 aliphatic rings. The number of rotatable bonds is 6. The van der Waals surface area contributed by atoms with Crippen LogP contribution < -0.4 is 5.32 Å². The Morgan fingerprint density at radius 3 is 2.53 bits per heavy atom. The van der Waals surface area contributed by atoms with Gasteiger partial charge >= 0.3 is 6.55 Å². The fourth-order valence-electron chi connectivity index (χ4n) is 3.32. The molecule has 1 atom stereocenters. The van der Waals surface area contributed by atoms with Crippen LogP contribution in [0.15, 0.2) is 73.1 Å². The Balaban J connectivity index is 1.66. The minimum absolute atomic E-state index is 0.0772. The number of benzene rings is 2. The summed E-state index contributed by atoms with van der Waals surface area (Å²) in [5.41, 5.74) is 1.10. The zero-order valence-corrected chi connectivity index (χ0v) is 16.4. The summed E-state index contributed by atoms with van der Waals surface area (Å²) in [5.74, 6) is -3.03. The summed E-state index contributed by atoms with van der Waals surface area (Å²) in [4.78, 5) is 33.4. The second-order valence-electron chi connectivity index (χ2n) is 6.81. The monoisotopic (exact) mass is 431 g/mol. The van der Waals surface area contributed by atoms with Crippen LogP contribution in [0, 0.1) is 11.3 Å². The third-order valence-corrected chi connectivity index (χ3v) is 4.80. The number of fused-ring (bicyclic) bond motifs is 1. The number of hydrogen-bond donors (Lipinski definition) is 1. The molecule has 4 aromatic rings. The summed E-state index contributed by atoms with van der Waals surface area (Å²) in [6.07, 6.45) is 2.93. The number of alkyl halides is 2. The third-order valence-electron chi connectivity index (χ3n) is 4.80. The maximum absolute atomic E-state index is 13.8. The van der Waals surface area contributed by atoms with Crippen LogP contribution in [-0.2, 0) is 0 Å². The van der Waals surface area contributed by atoms with Gasteiger partial charge in [-0.3, -0.25) is 19.1 Å². The molecule has 0 fully saturated rings. The highest BCUT2D eigenvalue weighted by Gasteiger charge is 2.30. The minimum Gasteiger partial charge on any atom is -0.322 e. The van der Waals surface area contributed by atoms with Crippen molar-refractivity contribution in [2.45, 2.75) is 12.5 Å². The Labute approximate surface area is 181 Å². The van der Waals surface area contributed by atoms with Crippen molar-refractivity contribution in [3.8, 4) is 6.07 Å². The lowest BCUT2D eigenvalue weighted by atomic mass is 9.97. The molecule has 0 spiro atoms. The number of nitriles is 1. The normalized spacial score (nSPS) is 11.8. The molecule has 0 saturated carbocycles. The Bertz CT molecular complexity index is 1350. The summed E-state index contributed by atoms with van der Waals surface area (Å²) >= 11 is 0. The molecule has 2 heterocycles. The van der Waals surface area contributed by atoms with Gasteiger partial charge in [-0.15, -0.1) is 0 Å². The molecule has 32 heavy (non-hydrogen) atoms. The molecule has 0 bridgehead atoms. The van der Waals surface area contributed by atoms with Crippen molar-refractivity contribution in [2.24, 2.45) is 0 Å². The lowest BCUT2D eigenvalue weighted by Gasteiger charge is -2.12. The van der Waals surface area contributed by atoms with Crippen LogP contribution in [-0.4, -0.2) is 26.2 Å². The van der Waals surface area contributed by atoms with Crippen molar-refractivity contribution < 1.29 is 18.4 Å². The van der Waals surface area contributed by atoms with Crippen molar-refractivity contribution >= 4 is 28.4 Å². The molecule has 7 nitrogen and oxygen atoms in total. The predicted molar refractivity (Wildman–Crippen MR) is 112 cm³/mol. The molecule has 2 aromatic heterocycles. The molecule has 1 N–H and O–H groups in total. The number of nitrogens with one attached hydrogen (secondary N) is 1. The van der Waals surface area contributed by atoms with Gasteiger partial charge in [-0.05, 0) is 36.4 Å². The van der Waals surface area contributed by atoms with Gasteiger partial charge in [0.15, 0.2) is 11.7 Å². The predicted octanol–water partition coefficient (Wildman–Crippen LogP) is 4.57.